The molecule has 0 N–H and O–H groups in total. The Morgan fingerprint density at radius 3 is 2.65 bits per heavy atom. The molecule has 2 rings (SSSR count). The fourth-order valence-electron chi connectivity index (χ4n) is 3.98. The van der Waals surface area contributed by atoms with Gasteiger partial charge in [-0.15, -0.1) is 0 Å². The molecular formula is C17H30. The third-order valence-corrected chi connectivity index (χ3v) is 5.02. The van der Waals surface area contributed by atoms with Crippen LogP contribution >= 0.6 is 0 Å². The van der Waals surface area contributed by atoms with Crippen molar-refractivity contribution in [3.05, 3.63) is 11.1 Å². The minimum Gasteiger partial charge on any atom is -0.0707 e. The fraction of sp³-hybridized carbons (Fsp3) is 0.882. The monoisotopic (exact) mass is 234 g/mol. The first-order valence-electron chi connectivity index (χ1n) is 8.03. The van der Waals surface area contributed by atoms with Crippen LogP contribution in [0.2, 0.25) is 0 Å². The molecule has 2 aliphatic carbocycles. The Morgan fingerprint density at radius 2 is 1.82 bits per heavy atom. The van der Waals surface area contributed by atoms with Crippen molar-refractivity contribution >= 4 is 0 Å². The second-order valence-corrected chi connectivity index (χ2v) is 6.31. The van der Waals surface area contributed by atoms with E-state index in [0.29, 0.717) is 0 Å². The molecule has 0 aromatic heterocycles. The van der Waals surface area contributed by atoms with Gasteiger partial charge >= 0.3 is 0 Å². The van der Waals surface area contributed by atoms with Gasteiger partial charge in [0.1, 0.15) is 0 Å². The van der Waals surface area contributed by atoms with Crippen LogP contribution < -0.4 is 0 Å². The van der Waals surface area contributed by atoms with Crippen LogP contribution in [0.5, 0.6) is 0 Å². The zero-order valence-electron chi connectivity index (χ0n) is 11.9. The Morgan fingerprint density at radius 1 is 1.06 bits per heavy atom. The molecular weight excluding hydrogens is 204 g/mol. The average molecular weight is 234 g/mol. The molecule has 0 saturated heterocycles. The maximum absolute atomic E-state index is 2.52. The number of hydrogen-bond donors (Lipinski definition) is 0. The summed E-state index contributed by atoms with van der Waals surface area (Å²) in [6, 6.07) is 0. The van der Waals surface area contributed by atoms with Crippen molar-refractivity contribution in [3.8, 4) is 0 Å². The molecule has 98 valence electrons. The van der Waals surface area contributed by atoms with E-state index >= 15 is 0 Å². The van der Waals surface area contributed by atoms with Crippen molar-refractivity contribution in [2.75, 3.05) is 0 Å². The quantitative estimate of drug-likeness (QED) is 0.412. The Bertz CT molecular complexity index is 257. The van der Waals surface area contributed by atoms with Crippen LogP contribution in [-0.4, -0.2) is 0 Å². The van der Waals surface area contributed by atoms with Gasteiger partial charge in [0.2, 0.25) is 0 Å². The highest BCUT2D eigenvalue weighted by atomic mass is 14.3. The first-order valence-corrected chi connectivity index (χ1v) is 8.03. The van der Waals surface area contributed by atoms with Gasteiger partial charge in [-0.1, -0.05) is 50.7 Å². The van der Waals surface area contributed by atoms with E-state index in [-0.39, 0.29) is 0 Å². The van der Waals surface area contributed by atoms with Crippen molar-refractivity contribution in [2.24, 2.45) is 11.8 Å². The standard InChI is InChI=1S/C17H30/c1-3-4-5-9-14(2)16-13-8-11-15-10-6-7-12-17(15)16/h14,16H,3-13H2,1-2H3/t14-,16?/m1/s1. The molecule has 0 saturated carbocycles. The molecule has 0 heteroatoms. The molecule has 0 fully saturated rings. The van der Waals surface area contributed by atoms with Crippen molar-refractivity contribution in [1.29, 1.82) is 0 Å². The highest BCUT2D eigenvalue weighted by molar-refractivity contribution is 5.23. The highest BCUT2D eigenvalue weighted by Gasteiger charge is 2.28. The van der Waals surface area contributed by atoms with E-state index in [4.69, 9.17) is 0 Å². The highest BCUT2D eigenvalue weighted by Crippen LogP contribution is 2.43. The summed E-state index contributed by atoms with van der Waals surface area (Å²) in [7, 11) is 0. The fourth-order valence-corrected chi connectivity index (χ4v) is 3.98. The van der Waals surface area contributed by atoms with Gasteiger partial charge in [0.25, 0.3) is 0 Å². The third kappa shape index (κ3) is 3.36. The molecule has 0 aromatic carbocycles. The van der Waals surface area contributed by atoms with Gasteiger partial charge in [0.15, 0.2) is 0 Å². The number of unbranched alkanes of at least 4 members (excludes halogenated alkanes) is 2. The minimum absolute atomic E-state index is 0.949. The summed E-state index contributed by atoms with van der Waals surface area (Å²) < 4.78 is 0. The lowest BCUT2D eigenvalue weighted by molar-refractivity contribution is 0.312. The first kappa shape index (κ1) is 13.2. The van der Waals surface area contributed by atoms with E-state index in [1.807, 2.05) is 11.1 Å². The molecule has 0 radical (unpaired) electrons. The molecule has 0 aliphatic heterocycles. The predicted octanol–water partition coefficient (Wildman–Crippen LogP) is 5.87. The van der Waals surface area contributed by atoms with Crippen LogP contribution in [0.3, 0.4) is 0 Å². The summed E-state index contributed by atoms with van der Waals surface area (Å²) in [6.07, 6.45) is 15.9. The zero-order chi connectivity index (χ0) is 12.1. The van der Waals surface area contributed by atoms with Crippen molar-refractivity contribution in [1.82, 2.24) is 0 Å². The predicted molar refractivity (Wildman–Crippen MR) is 76.1 cm³/mol. The first-order chi connectivity index (χ1) is 8.33. The zero-order valence-corrected chi connectivity index (χ0v) is 11.9. The van der Waals surface area contributed by atoms with Gasteiger partial charge in [-0.3, -0.25) is 0 Å². The number of rotatable bonds is 5. The summed E-state index contributed by atoms with van der Waals surface area (Å²) in [5.41, 5.74) is 3.81. The lowest BCUT2D eigenvalue weighted by atomic mass is 9.70. The molecule has 0 spiro atoms. The van der Waals surface area contributed by atoms with Gasteiger partial charge in [-0.2, -0.15) is 0 Å². The van der Waals surface area contributed by atoms with Gasteiger partial charge in [0, 0.05) is 0 Å². The summed E-state index contributed by atoms with van der Waals surface area (Å²) >= 11 is 0. The van der Waals surface area contributed by atoms with Crippen molar-refractivity contribution < 1.29 is 0 Å². The van der Waals surface area contributed by atoms with Crippen molar-refractivity contribution in [3.63, 3.8) is 0 Å². The maximum atomic E-state index is 2.52. The molecule has 2 aliphatic rings. The van der Waals surface area contributed by atoms with E-state index in [2.05, 4.69) is 13.8 Å². The smallest absolute Gasteiger partial charge is 0.0175 e. The number of allylic oxidation sites excluding steroid dienone is 2. The second kappa shape index (κ2) is 6.61. The molecule has 0 heterocycles. The maximum Gasteiger partial charge on any atom is -0.0175 e. The third-order valence-electron chi connectivity index (χ3n) is 5.02. The number of hydrogen-bond acceptors (Lipinski definition) is 0. The van der Waals surface area contributed by atoms with E-state index in [0.717, 1.165) is 11.8 Å². The van der Waals surface area contributed by atoms with Crippen LogP contribution in [0.1, 0.15) is 84.5 Å². The van der Waals surface area contributed by atoms with Gasteiger partial charge in [-0.25, -0.2) is 0 Å². The van der Waals surface area contributed by atoms with E-state index in [1.54, 1.807) is 0 Å². The lowest BCUT2D eigenvalue weighted by Gasteiger charge is -2.35. The summed E-state index contributed by atoms with van der Waals surface area (Å²) in [4.78, 5) is 0. The minimum atomic E-state index is 0.949. The molecule has 0 aromatic rings. The van der Waals surface area contributed by atoms with Gasteiger partial charge in [-0.05, 0) is 56.8 Å². The second-order valence-electron chi connectivity index (χ2n) is 6.31. The molecule has 17 heavy (non-hydrogen) atoms. The Labute approximate surface area is 108 Å². The summed E-state index contributed by atoms with van der Waals surface area (Å²) in [5, 5.41) is 0. The largest absolute Gasteiger partial charge is 0.0707 e. The van der Waals surface area contributed by atoms with Crippen LogP contribution in [0.25, 0.3) is 0 Å². The molecule has 0 bridgehead atoms. The Kier molecular flexibility index (Phi) is 5.13. The van der Waals surface area contributed by atoms with E-state index < -0.39 is 0 Å². The normalized spacial score (nSPS) is 26.8. The SMILES string of the molecule is CCCCC[C@@H](C)C1CCCC2=C1CCCC2. The summed E-state index contributed by atoms with van der Waals surface area (Å²) in [5.74, 6) is 1.92. The average Bonchev–Trinajstić information content (AvgIpc) is 2.38. The topological polar surface area (TPSA) is 0 Å². The van der Waals surface area contributed by atoms with E-state index in [9.17, 15) is 0 Å². The van der Waals surface area contributed by atoms with Gasteiger partial charge in [0.05, 0.1) is 0 Å². The molecule has 2 atom stereocenters. The summed E-state index contributed by atoms with van der Waals surface area (Å²) in [6.45, 7) is 4.83. The van der Waals surface area contributed by atoms with Crippen LogP contribution in [-0.2, 0) is 0 Å². The lowest BCUT2D eigenvalue weighted by Crippen LogP contribution is -2.21. The Balaban J connectivity index is 1.94. The van der Waals surface area contributed by atoms with Gasteiger partial charge < -0.3 is 0 Å². The van der Waals surface area contributed by atoms with E-state index in [1.165, 1.54) is 70.6 Å². The molecule has 0 nitrogen and oxygen atoms in total. The van der Waals surface area contributed by atoms with Crippen molar-refractivity contribution in [2.45, 2.75) is 84.5 Å². The Hall–Kier alpha value is -0.260. The van der Waals surface area contributed by atoms with Crippen LogP contribution in [0.15, 0.2) is 11.1 Å². The van der Waals surface area contributed by atoms with Crippen LogP contribution in [0.4, 0.5) is 0 Å². The molecule has 1 unspecified atom stereocenters. The van der Waals surface area contributed by atoms with Crippen LogP contribution in [0, 0.1) is 11.8 Å². The molecule has 0 amide bonds.